The number of rotatable bonds is 2. The summed E-state index contributed by atoms with van der Waals surface area (Å²) in [7, 11) is 0. The first-order valence-electron chi connectivity index (χ1n) is 5.58. The molecule has 1 aliphatic rings. The van der Waals surface area contributed by atoms with Crippen LogP contribution in [0.25, 0.3) is 5.76 Å². The third-order valence-electron chi connectivity index (χ3n) is 2.66. The van der Waals surface area contributed by atoms with E-state index < -0.39 is 11.6 Å². The molecule has 0 heterocycles. The molecule has 3 heteroatoms. The summed E-state index contributed by atoms with van der Waals surface area (Å²) in [6.07, 6.45) is -0.0333. The van der Waals surface area contributed by atoms with Crippen LogP contribution in [0.15, 0.2) is 29.8 Å². The molecule has 0 aromatic heterocycles. The van der Waals surface area contributed by atoms with Crippen LogP contribution in [0.5, 0.6) is 0 Å². The quantitative estimate of drug-likeness (QED) is 0.733. The van der Waals surface area contributed by atoms with Crippen LogP contribution >= 0.6 is 0 Å². The van der Waals surface area contributed by atoms with Gasteiger partial charge in [0.15, 0.2) is 0 Å². The molecule has 0 fully saturated rings. The van der Waals surface area contributed by atoms with Crippen molar-refractivity contribution < 1.29 is 14.3 Å². The Morgan fingerprint density at radius 2 is 1.59 bits per heavy atom. The monoisotopic (exact) mass is 230 g/mol. The first kappa shape index (κ1) is 11.6. The summed E-state index contributed by atoms with van der Waals surface area (Å²) in [6.45, 7) is 5.42. The van der Waals surface area contributed by atoms with Crippen LogP contribution in [0.1, 0.15) is 36.7 Å². The number of hydrogen-bond acceptors (Lipinski definition) is 3. The smallest absolute Gasteiger partial charge is 0.234 e. The van der Waals surface area contributed by atoms with E-state index >= 15 is 0 Å². The first-order valence-corrected chi connectivity index (χ1v) is 5.58. The molecule has 0 aliphatic heterocycles. The van der Waals surface area contributed by atoms with Gasteiger partial charge in [-0.05, 0) is 20.8 Å². The first-order chi connectivity index (χ1) is 8.02. The van der Waals surface area contributed by atoms with E-state index in [0.29, 0.717) is 22.5 Å². The van der Waals surface area contributed by atoms with E-state index in [4.69, 9.17) is 4.74 Å². The number of ether oxygens (including phenoxy) is 1. The Bertz CT molecular complexity index is 524. The van der Waals surface area contributed by atoms with E-state index in [2.05, 4.69) is 0 Å². The molecule has 0 unspecified atom stereocenters. The highest BCUT2D eigenvalue weighted by atomic mass is 16.5. The second-order valence-electron chi connectivity index (χ2n) is 4.32. The fraction of sp³-hybridized carbons (Fsp3) is 0.286. The summed E-state index contributed by atoms with van der Waals surface area (Å²) in [6, 6.07) is 7.04. The zero-order valence-corrected chi connectivity index (χ0v) is 10.1. The summed E-state index contributed by atoms with van der Waals surface area (Å²) < 4.78 is 5.66. The molecule has 3 nitrogen and oxygen atoms in total. The lowest BCUT2D eigenvalue weighted by Crippen LogP contribution is -2.24. The van der Waals surface area contributed by atoms with Crippen molar-refractivity contribution in [1.82, 2.24) is 0 Å². The van der Waals surface area contributed by atoms with Gasteiger partial charge in [0.2, 0.25) is 11.6 Å². The Morgan fingerprint density at radius 3 is 2.18 bits per heavy atom. The summed E-state index contributed by atoms with van der Waals surface area (Å²) in [5.41, 5.74) is 1.53. The summed E-state index contributed by atoms with van der Waals surface area (Å²) in [5, 5.41) is 0. The maximum Gasteiger partial charge on any atom is 0.234 e. The molecule has 1 aliphatic carbocycles. The van der Waals surface area contributed by atoms with Crippen molar-refractivity contribution in [2.24, 2.45) is 0 Å². The third kappa shape index (κ3) is 1.88. The number of carbonyl (C=O) groups is 2. The summed E-state index contributed by atoms with van der Waals surface area (Å²) in [4.78, 5) is 23.6. The van der Waals surface area contributed by atoms with E-state index in [1.165, 1.54) is 0 Å². The van der Waals surface area contributed by atoms with Crippen LogP contribution in [0, 0.1) is 0 Å². The second kappa shape index (κ2) is 4.17. The minimum atomic E-state index is -0.473. The molecule has 0 spiro atoms. The second-order valence-corrected chi connectivity index (χ2v) is 4.32. The van der Waals surface area contributed by atoms with E-state index in [1.807, 2.05) is 19.9 Å². The average Bonchev–Trinajstić information content (AvgIpc) is 2.31. The van der Waals surface area contributed by atoms with Gasteiger partial charge < -0.3 is 4.74 Å². The highest BCUT2D eigenvalue weighted by Gasteiger charge is 2.31. The van der Waals surface area contributed by atoms with Crippen LogP contribution in [0.3, 0.4) is 0 Å². The molecule has 2 rings (SSSR count). The van der Waals surface area contributed by atoms with Crippen LogP contribution in [0.4, 0.5) is 0 Å². The predicted octanol–water partition coefficient (Wildman–Crippen LogP) is 2.61. The number of benzene rings is 1. The maximum atomic E-state index is 11.8. The Labute approximate surface area is 100 Å². The minimum absolute atomic E-state index is 0.0333. The largest absolute Gasteiger partial charge is 0.490 e. The molecule has 88 valence electrons. The van der Waals surface area contributed by atoms with Crippen molar-refractivity contribution in [1.29, 1.82) is 0 Å². The SMILES string of the molecule is CC1=C(OC(C)C)c2ccccc2C(=O)C1=O. The van der Waals surface area contributed by atoms with Gasteiger partial charge >= 0.3 is 0 Å². The molecular formula is C14H14O3. The maximum absolute atomic E-state index is 11.8. The van der Waals surface area contributed by atoms with Crippen LogP contribution in [-0.4, -0.2) is 17.7 Å². The molecule has 0 saturated carbocycles. The van der Waals surface area contributed by atoms with Gasteiger partial charge in [-0.15, -0.1) is 0 Å². The lowest BCUT2D eigenvalue weighted by Gasteiger charge is -2.22. The topological polar surface area (TPSA) is 43.4 Å². The molecule has 0 radical (unpaired) electrons. The number of carbonyl (C=O) groups excluding carboxylic acids is 2. The number of fused-ring (bicyclic) bond motifs is 1. The normalized spacial score (nSPS) is 15.3. The van der Waals surface area contributed by atoms with Crippen LogP contribution in [-0.2, 0) is 9.53 Å². The molecule has 0 N–H and O–H groups in total. The van der Waals surface area contributed by atoms with Crippen LogP contribution in [0.2, 0.25) is 0 Å². The van der Waals surface area contributed by atoms with Crippen molar-refractivity contribution in [2.75, 3.05) is 0 Å². The van der Waals surface area contributed by atoms with Crippen molar-refractivity contribution in [3.8, 4) is 0 Å². The molecule has 0 amide bonds. The van der Waals surface area contributed by atoms with Gasteiger partial charge in [-0.2, -0.15) is 0 Å². The van der Waals surface area contributed by atoms with Crippen LogP contribution < -0.4 is 0 Å². The standard InChI is InChI=1S/C14H14O3/c1-8(2)17-14-9(3)12(15)13(16)10-6-4-5-7-11(10)14/h4-8H,1-3H3. The number of allylic oxidation sites excluding steroid dienone is 1. The lowest BCUT2D eigenvalue weighted by molar-refractivity contribution is -0.111. The van der Waals surface area contributed by atoms with Gasteiger partial charge in [0.25, 0.3) is 0 Å². The number of Topliss-reactive ketones (excluding diaryl/α,β-unsaturated/α-hetero) is 2. The minimum Gasteiger partial charge on any atom is -0.490 e. The highest BCUT2D eigenvalue weighted by Crippen LogP contribution is 2.30. The van der Waals surface area contributed by atoms with Crippen molar-refractivity contribution in [3.63, 3.8) is 0 Å². The van der Waals surface area contributed by atoms with Gasteiger partial charge in [-0.3, -0.25) is 9.59 Å². The predicted molar refractivity (Wildman–Crippen MR) is 64.6 cm³/mol. The molecule has 1 aromatic carbocycles. The van der Waals surface area contributed by atoms with Gasteiger partial charge in [0, 0.05) is 16.7 Å². The molecular weight excluding hydrogens is 216 g/mol. The molecule has 0 saturated heterocycles. The summed E-state index contributed by atoms with van der Waals surface area (Å²) >= 11 is 0. The molecule has 1 aromatic rings. The zero-order chi connectivity index (χ0) is 12.6. The number of hydrogen-bond donors (Lipinski definition) is 0. The van der Waals surface area contributed by atoms with Gasteiger partial charge in [-0.25, -0.2) is 0 Å². The van der Waals surface area contributed by atoms with E-state index in [0.717, 1.165) is 0 Å². The fourth-order valence-corrected chi connectivity index (χ4v) is 1.86. The van der Waals surface area contributed by atoms with Gasteiger partial charge in [-0.1, -0.05) is 24.3 Å². The molecule has 0 bridgehead atoms. The van der Waals surface area contributed by atoms with Gasteiger partial charge in [0.05, 0.1) is 6.10 Å². The highest BCUT2D eigenvalue weighted by molar-refractivity contribution is 6.52. The lowest BCUT2D eigenvalue weighted by atomic mass is 9.89. The molecule has 0 atom stereocenters. The Hall–Kier alpha value is -1.90. The summed E-state index contributed by atoms with van der Waals surface area (Å²) in [5.74, 6) is -0.395. The van der Waals surface area contributed by atoms with Crippen molar-refractivity contribution in [3.05, 3.63) is 41.0 Å². The van der Waals surface area contributed by atoms with E-state index in [-0.39, 0.29) is 6.10 Å². The van der Waals surface area contributed by atoms with Crippen molar-refractivity contribution in [2.45, 2.75) is 26.9 Å². The average molecular weight is 230 g/mol. The Balaban J connectivity index is 2.62. The van der Waals surface area contributed by atoms with Crippen molar-refractivity contribution >= 4 is 17.3 Å². The van der Waals surface area contributed by atoms with E-state index in [1.54, 1.807) is 25.1 Å². The van der Waals surface area contributed by atoms with Gasteiger partial charge in [0.1, 0.15) is 5.76 Å². The molecule has 17 heavy (non-hydrogen) atoms. The van der Waals surface area contributed by atoms with E-state index in [9.17, 15) is 9.59 Å². The Kier molecular flexibility index (Phi) is 2.84. The third-order valence-corrected chi connectivity index (χ3v) is 2.66. The fourth-order valence-electron chi connectivity index (χ4n) is 1.86. The Morgan fingerprint density at radius 1 is 1.00 bits per heavy atom. The number of ketones is 2. The zero-order valence-electron chi connectivity index (χ0n) is 10.1.